The molecular formula is C13H29N3O2S. The third-order valence-electron chi connectivity index (χ3n) is 3.46. The molecule has 0 aromatic rings. The summed E-state index contributed by atoms with van der Waals surface area (Å²) in [6.07, 6.45) is 1.89. The van der Waals surface area contributed by atoms with Gasteiger partial charge in [0.2, 0.25) is 0 Å². The van der Waals surface area contributed by atoms with Gasteiger partial charge in [-0.15, -0.1) is 0 Å². The monoisotopic (exact) mass is 291 g/mol. The molecule has 114 valence electrons. The molecule has 19 heavy (non-hydrogen) atoms. The maximum absolute atomic E-state index is 12.3. The second kappa shape index (κ2) is 6.52. The molecule has 5 nitrogen and oxygen atoms in total. The molecule has 1 aliphatic rings. The van der Waals surface area contributed by atoms with Crippen LogP contribution in [-0.2, 0) is 10.2 Å². The lowest BCUT2D eigenvalue weighted by Crippen LogP contribution is -2.56. The summed E-state index contributed by atoms with van der Waals surface area (Å²) in [5.74, 6) is 0.394. The van der Waals surface area contributed by atoms with Gasteiger partial charge in [0.05, 0.1) is 0 Å². The van der Waals surface area contributed by atoms with Gasteiger partial charge in [0.1, 0.15) is 0 Å². The van der Waals surface area contributed by atoms with Crippen LogP contribution in [0.25, 0.3) is 0 Å². The van der Waals surface area contributed by atoms with Crippen LogP contribution >= 0.6 is 0 Å². The van der Waals surface area contributed by atoms with Crippen molar-refractivity contribution in [2.75, 3.05) is 19.6 Å². The summed E-state index contributed by atoms with van der Waals surface area (Å²) in [6.45, 7) is 12.0. The van der Waals surface area contributed by atoms with Gasteiger partial charge in [-0.25, -0.2) is 0 Å². The van der Waals surface area contributed by atoms with E-state index in [2.05, 4.69) is 23.9 Å². The smallest absolute Gasteiger partial charge is 0.279 e. The molecular weight excluding hydrogens is 262 g/mol. The number of nitrogens with one attached hydrogen (secondary N) is 2. The first-order chi connectivity index (χ1) is 8.69. The minimum Gasteiger partial charge on any atom is -0.314 e. The Morgan fingerprint density at radius 1 is 1.26 bits per heavy atom. The van der Waals surface area contributed by atoms with Gasteiger partial charge in [0.25, 0.3) is 10.2 Å². The largest absolute Gasteiger partial charge is 0.314 e. The Bertz CT molecular complexity index is 376. The zero-order valence-electron chi connectivity index (χ0n) is 12.9. The average Bonchev–Trinajstić information content (AvgIpc) is 2.26. The Morgan fingerprint density at radius 2 is 1.89 bits per heavy atom. The second-order valence-corrected chi connectivity index (χ2v) is 8.01. The van der Waals surface area contributed by atoms with E-state index >= 15 is 0 Å². The third kappa shape index (κ3) is 5.02. The molecule has 6 heteroatoms. The number of rotatable bonds is 5. The van der Waals surface area contributed by atoms with Gasteiger partial charge in [-0.1, -0.05) is 20.3 Å². The summed E-state index contributed by atoms with van der Waals surface area (Å²) in [5.41, 5.74) is -0.431. The molecule has 1 aliphatic heterocycles. The predicted octanol–water partition coefficient (Wildman–Crippen LogP) is 1.33. The van der Waals surface area contributed by atoms with Crippen molar-refractivity contribution in [1.82, 2.24) is 14.3 Å². The average molecular weight is 291 g/mol. The molecule has 0 amide bonds. The summed E-state index contributed by atoms with van der Waals surface area (Å²) in [5, 5.41) is 3.46. The fourth-order valence-electron chi connectivity index (χ4n) is 2.61. The molecule has 0 aromatic carbocycles. The van der Waals surface area contributed by atoms with E-state index in [9.17, 15) is 8.42 Å². The molecule has 2 atom stereocenters. The molecule has 0 saturated carbocycles. The molecule has 0 radical (unpaired) electrons. The molecule has 2 unspecified atom stereocenters. The van der Waals surface area contributed by atoms with Crippen LogP contribution in [0.2, 0.25) is 0 Å². The highest BCUT2D eigenvalue weighted by Gasteiger charge is 2.35. The lowest BCUT2D eigenvalue weighted by Gasteiger charge is -2.39. The van der Waals surface area contributed by atoms with Crippen molar-refractivity contribution < 1.29 is 8.42 Å². The van der Waals surface area contributed by atoms with Gasteiger partial charge in [-0.2, -0.15) is 17.4 Å². The van der Waals surface area contributed by atoms with E-state index < -0.39 is 15.7 Å². The number of piperidine rings is 1. The van der Waals surface area contributed by atoms with Crippen LogP contribution in [0.3, 0.4) is 0 Å². The molecule has 1 saturated heterocycles. The van der Waals surface area contributed by atoms with E-state index in [1.165, 1.54) is 0 Å². The Balaban J connectivity index is 2.72. The fourth-order valence-corrected chi connectivity index (χ4v) is 4.25. The maximum atomic E-state index is 12.3. The van der Waals surface area contributed by atoms with Crippen LogP contribution < -0.4 is 10.0 Å². The lowest BCUT2D eigenvalue weighted by atomic mass is 9.91. The van der Waals surface area contributed by atoms with E-state index in [1.807, 2.05) is 20.8 Å². The lowest BCUT2D eigenvalue weighted by molar-refractivity contribution is 0.201. The SMILES string of the molecule is CCNC1CCN(S(=O)(=O)NC(C)(C)C)CC1CC. The molecule has 0 bridgehead atoms. The van der Waals surface area contributed by atoms with Crippen molar-refractivity contribution >= 4 is 10.2 Å². The number of nitrogens with zero attached hydrogens (tertiary/aromatic N) is 1. The van der Waals surface area contributed by atoms with E-state index in [0.29, 0.717) is 25.0 Å². The highest BCUT2D eigenvalue weighted by molar-refractivity contribution is 7.87. The predicted molar refractivity (Wildman–Crippen MR) is 79.2 cm³/mol. The van der Waals surface area contributed by atoms with E-state index in [0.717, 1.165) is 19.4 Å². The number of hydrogen-bond acceptors (Lipinski definition) is 3. The van der Waals surface area contributed by atoms with Gasteiger partial charge in [-0.05, 0) is 39.7 Å². The minimum atomic E-state index is -3.37. The molecule has 0 spiro atoms. The van der Waals surface area contributed by atoms with Gasteiger partial charge in [0, 0.05) is 24.7 Å². The van der Waals surface area contributed by atoms with Crippen LogP contribution in [0.5, 0.6) is 0 Å². The summed E-state index contributed by atoms with van der Waals surface area (Å²) < 4.78 is 29.0. The van der Waals surface area contributed by atoms with Crippen molar-refractivity contribution in [2.45, 2.75) is 59.0 Å². The topological polar surface area (TPSA) is 61.4 Å². The van der Waals surface area contributed by atoms with Crippen LogP contribution in [0.1, 0.15) is 47.5 Å². The standard InChI is InChI=1S/C13H29N3O2S/c1-6-11-10-16(9-8-12(11)14-7-2)19(17,18)15-13(3,4)5/h11-12,14-15H,6-10H2,1-5H3. The van der Waals surface area contributed by atoms with Crippen LogP contribution in [0, 0.1) is 5.92 Å². The van der Waals surface area contributed by atoms with Crippen LogP contribution in [-0.4, -0.2) is 43.9 Å². The van der Waals surface area contributed by atoms with Crippen LogP contribution in [0.15, 0.2) is 0 Å². The Kier molecular flexibility index (Phi) is 5.79. The van der Waals surface area contributed by atoms with Crippen molar-refractivity contribution in [3.8, 4) is 0 Å². The Morgan fingerprint density at radius 3 is 2.37 bits per heavy atom. The molecule has 1 rings (SSSR count). The molecule has 0 aliphatic carbocycles. The summed E-state index contributed by atoms with van der Waals surface area (Å²) in [7, 11) is -3.37. The molecule has 0 aromatic heterocycles. The molecule has 1 heterocycles. The second-order valence-electron chi connectivity index (χ2n) is 6.34. The normalized spacial score (nSPS) is 26.6. The van der Waals surface area contributed by atoms with Gasteiger partial charge in [0.15, 0.2) is 0 Å². The van der Waals surface area contributed by atoms with Crippen molar-refractivity contribution in [3.63, 3.8) is 0 Å². The highest BCUT2D eigenvalue weighted by atomic mass is 32.2. The summed E-state index contributed by atoms with van der Waals surface area (Å²) >= 11 is 0. The first-order valence-corrected chi connectivity index (χ1v) is 8.66. The van der Waals surface area contributed by atoms with Gasteiger partial charge in [-0.3, -0.25) is 0 Å². The quantitative estimate of drug-likeness (QED) is 0.803. The van der Waals surface area contributed by atoms with Crippen molar-refractivity contribution in [2.24, 2.45) is 5.92 Å². The van der Waals surface area contributed by atoms with Crippen molar-refractivity contribution in [3.05, 3.63) is 0 Å². The first-order valence-electron chi connectivity index (χ1n) is 7.22. The fraction of sp³-hybridized carbons (Fsp3) is 1.00. The number of hydrogen-bond donors (Lipinski definition) is 2. The maximum Gasteiger partial charge on any atom is 0.279 e. The Labute approximate surface area is 118 Å². The molecule has 1 fully saturated rings. The van der Waals surface area contributed by atoms with Crippen molar-refractivity contribution in [1.29, 1.82) is 0 Å². The van der Waals surface area contributed by atoms with Gasteiger partial charge < -0.3 is 5.32 Å². The van der Waals surface area contributed by atoms with E-state index in [4.69, 9.17) is 0 Å². The van der Waals surface area contributed by atoms with Gasteiger partial charge >= 0.3 is 0 Å². The summed E-state index contributed by atoms with van der Waals surface area (Å²) in [6, 6.07) is 0.441. The zero-order chi connectivity index (χ0) is 14.7. The summed E-state index contributed by atoms with van der Waals surface area (Å²) in [4.78, 5) is 0. The minimum absolute atomic E-state index is 0.394. The molecule has 2 N–H and O–H groups in total. The van der Waals surface area contributed by atoms with E-state index in [1.54, 1.807) is 4.31 Å². The highest BCUT2D eigenvalue weighted by Crippen LogP contribution is 2.22. The third-order valence-corrected chi connectivity index (χ3v) is 5.34. The van der Waals surface area contributed by atoms with Crippen LogP contribution in [0.4, 0.5) is 0 Å². The Hall–Kier alpha value is -0.170. The van der Waals surface area contributed by atoms with E-state index in [-0.39, 0.29) is 0 Å². The first kappa shape index (κ1) is 16.9. The zero-order valence-corrected chi connectivity index (χ0v) is 13.7.